The fourth-order valence-electron chi connectivity index (χ4n) is 2.66. The van der Waals surface area contributed by atoms with E-state index in [2.05, 4.69) is 10.2 Å². The maximum Gasteiger partial charge on any atom is 0.123 e. The molecule has 1 saturated heterocycles. The Morgan fingerprint density at radius 2 is 1.91 bits per heavy atom. The first-order valence-electron chi connectivity index (χ1n) is 6.72. The zero-order chi connectivity index (χ0) is 13.9. The molecule has 2 aromatic rings. The average Bonchev–Trinajstić information content (AvgIpc) is 2.98. The van der Waals surface area contributed by atoms with Gasteiger partial charge in [0.15, 0.2) is 0 Å². The number of nitrogens with one attached hydrogen (secondary N) is 1. The lowest BCUT2D eigenvalue weighted by atomic mass is 10.0. The molecule has 3 rings (SSSR count). The van der Waals surface area contributed by atoms with Crippen molar-refractivity contribution in [3.8, 4) is 5.75 Å². The highest BCUT2D eigenvalue weighted by atomic mass is 35.5. The zero-order valence-corrected chi connectivity index (χ0v) is 14.3. The van der Waals surface area contributed by atoms with Crippen molar-refractivity contribution >= 4 is 36.2 Å². The minimum atomic E-state index is -0.311. The smallest absolute Gasteiger partial charge is 0.123 e. The first-order valence-corrected chi connectivity index (χ1v) is 7.60. The molecule has 1 aromatic carbocycles. The van der Waals surface area contributed by atoms with Gasteiger partial charge in [-0.05, 0) is 29.6 Å². The number of hydrogen-bond acceptors (Lipinski definition) is 4. The van der Waals surface area contributed by atoms with Gasteiger partial charge in [-0.1, -0.05) is 6.07 Å². The van der Waals surface area contributed by atoms with Crippen molar-refractivity contribution in [2.24, 2.45) is 0 Å². The summed E-state index contributed by atoms with van der Waals surface area (Å²) >= 11 is 1.64. The summed E-state index contributed by atoms with van der Waals surface area (Å²) in [5.41, 5.74) is 0.648. The van der Waals surface area contributed by atoms with Crippen molar-refractivity contribution in [3.05, 3.63) is 52.0 Å². The molecule has 0 radical (unpaired) electrons. The molecule has 0 unspecified atom stereocenters. The van der Waals surface area contributed by atoms with Crippen LogP contribution in [0.4, 0.5) is 4.39 Å². The van der Waals surface area contributed by atoms with Crippen molar-refractivity contribution in [2.45, 2.75) is 6.04 Å². The van der Waals surface area contributed by atoms with Crippen LogP contribution in [0, 0.1) is 5.82 Å². The third-order valence-corrected chi connectivity index (χ3v) is 4.54. The standard InChI is InChI=1S/C15H17FN2OS.2ClH/c16-11-3-4-13(19)12(10-11)15(14-2-1-9-20-14)18-7-5-17-6-8-18;;/h1-4,9-10,15,17,19H,5-8H2;2*1H/t15-;;/m0../s1. The summed E-state index contributed by atoms with van der Waals surface area (Å²) in [5, 5.41) is 15.5. The molecule has 122 valence electrons. The lowest BCUT2D eigenvalue weighted by Gasteiger charge is -2.35. The monoisotopic (exact) mass is 364 g/mol. The highest BCUT2D eigenvalue weighted by Crippen LogP contribution is 2.36. The number of hydrogen-bond donors (Lipinski definition) is 2. The number of rotatable bonds is 3. The van der Waals surface area contributed by atoms with E-state index >= 15 is 0 Å². The van der Waals surface area contributed by atoms with Crippen LogP contribution in [-0.2, 0) is 0 Å². The van der Waals surface area contributed by atoms with Gasteiger partial charge >= 0.3 is 0 Å². The van der Waals surface area contributed by atoms with Gasteiger partial charge in [0.2, 0.25) is 0 Å². The molecule has 1 aliphatic heterocycles. The molecule has 1 fully saturated rings. The van der Waals surface area contributed by atoms with Crippen LogP contribution in [0.25, 0.3) is 0 Å². The van der Waals surface area contributed by atoms with Gasteiger partial charge in [0, 0.05) is 36.6 Å². The molecule has 0 amide bonds. The lowest BCUT2D eigenvalue weighted by molar-refractivity contribution is 0.197. The Morgan fingerprint density at radius 3 is 2.55 bits per heavy atom. The SMILES string of the molecule is Cl.Cl.Oc1ccc(F)cc1[C@@H](c1cccs1)N1CCNCC1. The van der Waals surface area contributed by atoms with Gasteiger partial charge in [-0.3, -0.25) is 4.90 Å². The fraction of sp³-hybridized carbons (Fsp3) is 0.333. The summed E-state index contributed by atoms with van der Waals surface area (Å²) in [6, 6.07) is 8.14. The van der Waals surface area contributed by atoms with Crippen LogP contribution >= 0.6 is 36.2 Å². The normalized spacial score (nSPS) is 16.4. The molecule has 7 heteroatoms. The molecule has 1 aromatic heterocycles. The number of thiophene rings is 1. The Balaban J connectivity index is 0.00000121. The van der Waals surface area contributed by atoms with E-state index in [0.717, 1.165) is 31.1 Å². The quantitative estimate of drug-likeness (QED) is 0.875. The predicted octanol–water partition coefficient (Wildman–Crippen LogP) is 3.43. The summed E-state index contributed by atoms with van der Waals surface area (Å²) in [5.74, 6) is -0.155. The summed E-state index contributed by atoms with van der Waals surface area (Å²) < 4.78 is 13.6. The highest BCUT2D eigenvalue weighted by molar-refractivity contribution is 7.10. The first kappa shape index (κ1) is 19.2. The van der Waals surface area contributed by atoms with Crippen LogP contribution in [0.5, 0.6) is 5.75 Å². The summed E-state index contributed by atoms with van der Waals surface area (Å²) in [6.07, 6.45) is 0. The van der Waals surface area contributed by atoms with Crippen LogP contribution in [0.15, 0.2) is 35.7 Å². The molecule has 0 spiro atoms. The molecule has 0 saturated carbocycles. The van der Waals surface area contributed by atoms with Crippen molar-refractivity contribution < 1.29 is 9.50 Å². The third-order valence-electron chi connectivity index (χ3n) is 3.61. The van der Waals surface area contributed by atoms with E-state index < -0.39 is 0 Å². The molecule has 0 bridgehead atoms. The van der Waals surface area contributed by atoms with Gasteiger partial charge < -0.3 is 10.4 Å². The molecular formula is C15H19Cl2FN2OS. The summed E-state index contributed by atoms with van der Waals surface area (Å²) in [6.45, 7) is 3.60. The van der Waals surface area contributed by atoms with Crippen LogP contribution in [0.1, 0.15) is 16.5 Å². The zero-order valence-electron chi connectivity index (χ0n) is 11.9. The number of phenolic OH excluding ortho intramolecular Hbond substituents is 1. The van der Waals surface area contributed by atoms with E-state index in [0.29, 0.717) is 5.56 Å². The molecule has 3 nitrogen and oxygen atoms in total. The van der Waals surface area contributed by atoms with Crippen LogP contribution in [0.3, 0.4) is 0 Å². The van der Waals surface area contributed by atoms with Gasteiger partial charge in [0.1, 0.15) is 11.6 Å². The minimum absolute atomic E-state index is 0. The van der Waals surface area contributed by atoms with E-state index in [9.17, 15) is 9.50 Å². The molecule has 0 aliphatic carbocycles. The van der Waals surface area contributed by atoms with E-state index in [1.807, 2.05) is 17.5 Å². The number of piperazine rings is 1. The van der Waals surface area contributed by atoms with Crippen molar-refractivity contribution in [2.75, 3.05) is 26.2 Å². The van der Waals surface area contributed by atoms with E-state index in [1.54, 1.807) is 11.3 Å². The molecular weight excluding hydrogens is 346 g/mol. The highest BCUT2D eigenvalue weighted by Gasteiger charge is 2.27. The number of halogens is 3. The Hall–Kier alpha value is -0.850. The van der Waals surface area contributed by atoms with Crippen molar-refractivity contribution in [3.63, 3.8) is 0 Å². The summed E-state index contributed by atoms with van der Waals surface area (Å²) in [7, 11) is 0. The average molecular weight is 365 g/mol. The minimum Gasteiger partial charge on any atom is -0.508 e. The van der Waals surface area contributed by atoms with Gasteiger partial charge in [-0.25, -0.2) is 4.39 Å². The van der Waals surface area contributed by atoms with Crippen LogP contribution < -0.4 is 5.32 Å². The topological polar surface area (TPSA) is 35.5 Å². The lowest BCUT2D eigenvalue weighted by Crippen LogP contribution is -2.45. The van der Waals surface area contributed by atoms with Crippen LogP contribution in [0.2, 0.25) is 0 Å². The fourth-order valence-corrected chi connectivity index (χ4v) is 3.54. The van der Waals surface area contributed by atoms with Crippen molar-refractivity contribution in [1.82, 2.24) is 10.2 Å². The second-order valence-electron chi connectivity index (χ2n) is 4.91. The van der Waals surface area contributed by atoms with Crippen LogP contribution in [-0.4, -0.2) is 36.2 Å². The van der Waals surface area contributed by atoms with Crippen molar-refractivity contribution in [1.29, 1.82) is 0 Å². The third kappa shape index (κ3) is 4.12. The Bertz CT molecular complexity index is 577. The first-order chi connectivity index (χ1) is 9.75. The van der Waals surface area contributed by atoms with E-state index in [1.165, 1.54) is 18.2 Å². The second kappa shape index (κ2) is 8.70. The number of nitrogens with zero attached hydrogens (tertiary/aromatic N) is 1. The largest absolute Gasteiger partial charge is 0.508 e. The maximum atomic E-state index is 13.6. The van der Waals surface area contributed by atoms with E-state index in [4.69, 9.17) is 0 Å². The number of phenols is 1. The molecule has 1 aliphatic rings. The van der Waals surface area contributed by atoms with Gasteiger partial charge in [-0.2, -0.15) is 0 Å². The molecule has 2 N–H and O–H groups in total. The Morgan fingerprint density at radius 1 is 1.18 bits per heavy atom. The molecule has 1 atom stereocenters. The number of benzene rings is 1. The molecule has 22 heavy (non-hydrogen) atoms. The summed E-state index contributed by atoms with van der Waals surface area (Å²) in [4.78, 5) is 3.42. The van der Waals surface area contributed by atoms with E-state index in [-0.39, 0.29) is 42.4 Å². The van der Waals surface area contributed by atoms with Gasteiger partial charge in [0.25, 0.3) is 0 Å². The van der Waals surface area contributed by atoms with Gasteiger partial charge in [0.05, 0.1) is 6.04 Å². The second-order valence-corrected chi connectivity index (χ2v) is 5.89. The Labute approximate surface area is 146 Å². The molecule has 2 heterocycles. The number of aromatic hydroxyl groups is 1. The maximum absolute atomic E-state index is 13.6. The predicted molar refractivity (Wildman–Crippen MR) is 93.2 cm³/mol. The van der Waals surface area contributed by atoms with Gasteiger partial charge in [-0.15, -0.1) is 36.2 Å². The Kier molecular flexibility index (Phi) is 7.59.